The third kappa shape index (κ3) is 11.4. The molecule has 0 radical (unpaired) electrons. The smallest absolute Gasteiger partial charge is 0.234 e. The van der Waals surface area contributed by atoms with Crippen LogP contribution in [-0.4, -0.2) is 50.8 Å². The summed E-state index contributed by atoms with van der Waals surface area (Å²) < 4.78 is 25.7. The van der Waals surface area contributed by atoms with Gasteiger partial charge in [-0.05, 0) is 117 Å². The Morgan fingerprint density at radius 2 is 1.12 bits per heavy atom. The van der Waals surface area contributed by atoms with Gasteiger partial charge in [0.2, 0.25) is 5.91 Å². The molecule has 8 rings (SSSR count). The second kappa shape index (κ2) is 22.0. The van der Waals surface area contributed by atoms with E-state index >= 15 is 0 Å². The lowest BCUT2D eigenvalue weighted by molar-refractivity contribution is -0.122. The van der Waals surface area contributed by atoms with Crippen LogP contribution in [0.3, 0.4) is 0 Å². The predicted octanol–water partition coefficient (Wildman–Crippen LogP) is 10.6. The summed E-state index contributed by atoms with van der Waals surface area (Å²) in [6, 6.07) is 27.7. The molecule has 0 aliphatic carbocycles. The number of carbonyl (C=O) groups is 1. The van der Waals surface area contributed by atoms with Gasteiger partial charge < -0.3 is 24.7 Å². The molecule has 2 aliphatic heterocycles. The molecule has 12 nitrogen and oxygen atoms in total. The first-order chi connectivity index (χ1) is 33.0. The zero-order valence-electron chi connectivity index (χ0n) is 38.4. The third-order valence-electron chi connectivity index (χ3n) is 12.9. The Morgan fingerprint density at radius 1 is 0.647 bits per heavy atom. The van der Waals surface area contributed by atoms with Crippen molar-refractivity contribution in [1.82, 2.24) is 19.8 Å². The summed E-state index contributed by atoms with van der Waals surface area (Å²) in [5.74, 6) is 1.82. The molecule has 14 heteroatoms. The predicted molar refractivity (Wildman–Crippen MR) is 261 cm³/mol. The fraction of sp³-hybridized carbons (Fsp3) is 0.315. The first kappa shape index (κ1) is 47.8. The number of primary amides is 1. The van der Waals surface area contributed by atoms with Gasteiger partial charge in [-0.15, -0.1) is 0 Å². The first-order valence-electron chi connectivity index (χ1n) is 22.8. The van der Waals surface area contributed by atoms with Crippen molar-refractivity contribution in [3.05, 3.63) is 163 Å². The normalized spacial score (nSPS) is 16.0. The van der Waals surface area contributed by atoms with Gasteiger partial charge in [0.05, 0.1) is 27.2 Å². The fourth-order valence-electron chi connectivity index (χ4n) is 9.04. The van der Waals surface area contributed by atoms with Crippen LogP contribution in [0.25, 0.3) is 11.1 Å². The first-order valence-corrected chi connectivity index (χ1v) is 23.5. The summed E-state index contributed by atoms with van der Waals surface area (Å²) >= 11 is 13.9. The zero-order chi connectivity index (χ0) is 47.7. The molecule has 6 aromatic rings. The molecule has 2 aliphatic rings. The van der Waals surface area contributed by atoms with E-state index < -0.39 is 0 Å². The van der Waals surface area contributed by atoms with Gasteiger partial charge in [0.1, 0.15) is 61.6 Å². The number of benzene rings is 4. The van der Waals surface area contributed by atoms with Crippen LogP contribution in [0, 0.1) is 36.5 Å². The van der Waals surface area contributed by atoms with Crippen LogP contribution < -0.4 is 24.7 Å². The molecule has 2 fully saturated rings. The van der Waals surface area contributed by atoms with E-state index in [1.54, 1.807) is 30.6 Å². The molecule has 2 atom stereocenters. The molecule has 2 aromatic heterocycles. The summed E-state index contributed by atoms with van der Waals surface area (Å²) in [5, 5.41) is 19.7. The van der Waals surface area contributed by atoms with Gasteiger partial charge >= 0.3 is 0 Å². The molecule has 2 N–H and O–H groups in total. The number of carbonyl (C=O) groups excluding carboxylic acids is 1. The average molecular weight is 951 g/mol. The number of nitrogens with two attached hydrogens (primary N) is 1. The van der Waals surface area contributed by atoms with E-state index in [4.69, 9.17) is 47.9 Å². The highest BCUT2D eigenvalue weighted by molar-refractivity contribution is 6.32. The highest BCUT2D eigenvalue weighted by Gasteiger charge is 2.30. The fourth-order valence-corrected chi connectivity index (χ4v) is 9.53. The summed E-state index contributed by atoms with van der Waals surface area (Å²) in [7, 11) is 0. The second-order valence-corrected chi connectivity index (χ2v) is 18.3. The van der Waals surface area contributed by atoms with Crippen molar-refractivity contribution < 1.29 is 23.7 Å². The van der Waals surface area contributed by atoms with Crippen molar-refractivity contribution in [2.75, 3.05) is 13.1 Å². The Kier molecular flexibility index (Phi) is 15.4. The molecule has 2 saturated heterocycles. The topological polar surface area (TPSA) is 160 Å². The maximum absolute atomic E-state index is 12.3. The SMILES string of the molecule is Cc1c(COc2cc(OCc3cncc(C#N)c3)c(CN3CCCC3C)cc2Cl)cccc1-c1cccc(COc2cc(OCc3cncc(C#N)c3)c(CN3CCCC3C(N)=O)cc2Cl)c1C. The number of nitriles is 2. The molecule has 348 valence electrons. The van der Waals surface area contributed by atoms with Gasteiger partial charge in [-0.3, -0.25) is 24.6 Å². The monoisotopic (exact) mass is 949 g/mol. The number of aromatic nitrogens is 2. The van der Waals surface area contributed by atoms with Crippen molar-refractivity contribution in [2.24, 2.45) is 5.73 Å². The number of halogens is 2. The lowest BCUT2D eigenvalue weighted by atomic mass is 9.92. The number of amides is 1. The summed E-state index contributed by atoms with van der Waals surface area (Å²) in [6.45, 7) is 10.2. The number of hydrogen-bond acceptors (Lipinski definition) is 11. The summed E-state index contributed by atoms with van der Waals surface area (Å²) in [4.78, 5) is 25.1. The molecular weight excluding hydrogens is 898 g/mol. The minimum atomic E-state index is -0.371. The largest absolute Gasteiger partial charge is 0.488 e. The minimum absolute atomic E-state index is 0.159. The Bertz CT molecular complexity index is 2900. The van der Waals surface area contributed by atoms with Crippen LogP contribution in [0.5, 0.6) is 23.0 Å². The van der Waals surface area contributed by atoms with E-state index in [1.165, 1.54) is 12.4 Å². The van der Waals surface area contributed by atoms with Gasteiger partial charge in [0, 0.05) is 78.3 Å². The van der Waals surface area contributed by atoms with Crippen LogP contribution in [-0.2, 0) is 44.3 Å². The van der Waals surface area contributed by atoms with Crippen molar-refractivity contribution in [2.45, 2.75) is 98.1 Å². The van der Waals surface area contributed by atoms with Gasteiger partial charge in [-0.1, -0.05) is 59.6 Å². The van der Waals surface area contributed by atoms with Gasteiger partial charge in [0.25, 0.3) is 0 Å². The van der Waals surface area contributed by atoms with E-state index in [-0.39, 0.29) is 38.4 Å². The quantitative estimate of drug-likeness (QED) is 0.0873. The Hall–Kier alpha value is -6.67. The molecule has 0 bridgehead atoms. The molecule has 4 aromatic carbocycles. The number of hydrogen-bond donors (Lipinski definition) is 1. The highest BCUT2D eigenvalue weighted by atomic mass is 35.5. The number of rotatable bonds is 18. The van der Waals surface area contributed by atoms with Crippen LogP contribution >= 0.6 is 23.2 Å². The molecule has 0 saturated carbocycles. The van der Waals surface area contributed by atoms with E-state index in [1.807, 2.05) is 41.3 Å². The van der Waals surface area contributed by atoms with Crippen molar-refractivity contribution in [3.63, 3.8) is 0 Å². The molecule has 2 unspecified atom stereocenters. The molecular formula is C54H53Cl2N7O5. The van der Waals surface area contributed by atoms with Gasteiger partial charge in [-0.25, -0.2) is 0 Å². The maximum Gasteiger partial charge on any atom is 0.234 e. The number of nitrogens with zero attached hydrogens (tertiary/aromatic N) is 6. The average Bonchev–Trinajstić information content (AvgIpc) is 3.99. The van der Waals surface area contributed by atoms with Crippen molar-refractivity contribution in [3.8, 4) is 46.3 Å². The van der Waals surface area contributed by atoms with Crippen LogP contribution in [0.1, 0.15) is 88.2 Å². The van der Waals surface area contributed by atoms with Crippen LogP contribution in [0.4, 0.5) is 0 Å². The van der Waals surface area contributed by atoms with Gasteiger partial charge in [0.15, 0.2) is 0 Å². The van der Waals surface area contributed by atoms with Gasteiger partial charge in [-0.2, -0.15) is 10.5 Å². The summed E-state index contributed by atoms with van der Waals surface area (Å²) in [5.41, 5.74) is 16.2. The summed E-state index contributed by atoms with van der Waals surface area (Å²) in [6.07, 6.45) is 10.3. The minimum Gasteiger partial charge on any atom is -0.488 e. The standard InChI is InChI=1S/C54H53Cl2N7O5/c1-34-8-6-14-62(34)28-43-18-47(55)52(20-50(43)65-30-39-16-37(22-57)24-60-26-39)67-32-41-9-4-11-45(35(41)2)46-12-5-10-42(36(46)3)33-68-53-21-51(66-31-40-17-38(23-58)25-61-27-40)44(19-48(53)56)29-63-15-7-13-49(63)54(59)64/h4-5,9-12,16-21,24-27,34,49H,6-8,13-15,28-33H2,1-3H3,(H2,59,64). The van der Waals surface area contributed by atoms with E-state index in [2.05, 4.69) is 66.0 Å². The second-order valence-electron chi connectivity index (χ2n) is 17.5. The number of ether oxygens (including phenoxy) is 4. The Morgan fingerprint density at radius 3 is 1.59 bits per heavy atom. The van der Waals surface area contributed by atoms with Crippen molar-refractivity contribution in [1.29, 1.82) is 10.5 Å². The lowest BCUT2D eigenvalue weighted by Crippen LogP contribution is -2.39. The number of likely N-dealkylation sites (tertiary alicyclic amines) is 2. The van der Waals surface area contributed by atoms with E-state index in [9.17, 15) is 15.3 Å². The molecule has 1 amide bonds. The maximum atomic E-state index is 12.3. The molecule has 4 heterocycles. The van der Waals surface area contributed by atoms with Crippen LogP contribution in [0.15, 0.2) is 97.6 Å². The van der Waals surface area contributed by atoms with Crippen molar-refractivity contribution >= 4 is 29.1 Å². The Balaban J connectivity index is 0.996. The number of pyridine rings is 2. The van der Waals surface area contributed by atoms with E-state index in [0.717, 1.165) is 88.0 Å². The van der Waals surface area contributed by atoms with Crippen LogP contribution in [0.2, 0.25) is 10.0 Å². The zero-order valence-corrected chi connectivity index (χ0v) is 39.9. The molecule has 0 spiro atoms. The van der Waals surface area contributed by atoms with E-state index in [0.29, 0.717) is 69.7 Å². The third-order valence-corrected chi connectivity index (χ3v) is 13.5. The highest BCUT2D eigenvalue weighted by Crippen LogP contribution is 2.39. The molecule has 68 heavy (non-hydrogen) atoms. The lowest BCUT2D eigenvalue weighted by Gasteiger charge is -2.24. The Labute approximate surface area is 407 Å².